The molecule has 6 N–H and O–H groups in total. The fourth-order valence-corrected chi connectivity index (χ4v) is 11.2. The summed E-state index contributed by atoms with van der Waals surface area (Å²) >= 11 is 0. The molecule has 22 heteroatoms. The number of fused-ring (bicyclic) bond motifs is 2. The summed E-state index contributed by atoms with van der Waals surface area (Å²) in [4.78, 5) is 62.1. The van der Waals surface area contributed by atoms with Crippen molar-refractivity contribution in [3.63, 3.8) is 0 Å². The molecule has 8 rings (SSSR count). The van der Waals surface area contributed by atoms with Gasteiger partial charge in [0.15, 0.2) is 0 Å². The van der Waals surface area contributed by atoms with Crippen molar-refractivity contribution in [1.82, 2.24) is 43.0 Å². The summed E-state index contributed by atoms with van der Waals surface area (Å²) in [5.74, 6) is 4.82. The van der Waals surface area contributed by atoms with E-state index in [0.29, 0.717) is 102 Å². The number of sulfonamides is 1. The number of hydrogen-bond donors (Lipinski definition) is 4. The third kappa shape index (κ3) is 10.1. The molecular weight excluding hydrogens is 919 g/mol. The zero-order chi connectivity index (χ0) is 49.9. The number of amides is 4. The Morgan fingerprint density at radius 2 is 1.23 bits per heavy atom. The number of aryl methyl sites for hydroxylation is 4. The first-order valence-corrected chi connectivity index (χ1v) is 24.8. The molecule has 0 spiro atoms. The number of allylic oxidation sites excluding steroid dienone is 2. The van der Waals surface area contributed by atoms with E-state index in [1.54, 1.807) is 48.8 Å². The maximum absolute atomic E-state index is 13.9. The van der Waals surface area contributed by atoms with Gasteiger partial charge in [0.05, 0.1) is 34.8 Å². The van der Waals surface area contributed by atoms with Crippen molar-refractivity contribution in [2.24, 2.45) is 17.4 Å². The number of anilines is 2. The van der Waals surface area contributed by atoms with Crippen LogP contribution in [-0.2, 0) is 36.2 Å². The molecule has 0 atom stereocenters. The third-order valence-electron chi connectivity index (χ3n) is 12.6. The Balaban J connectivity index is 1.11. The lowest BCUT2D eigenvalue weighted by Gasteiger charge is -2.31. The predicted molar refractivity (Wildman–Crippen MR) is 262 cm³/mol. The van der Waals surface area contributed by atoms with Crippen molar-refractivity contribution in [3.8, 4) is 23.3 Å². The number of carbonyl (C=O) groups excluding carboxylic acids is 4. The maximum atomic E-state index is 13.9. The van der Waals surface area contributed by atoms with Crippen molar-refractivity contribution in [2.45, 2.75) is 97.6 Å². The quantitative estimate of drug-likeness (QED) is 0.0711. The molecule has 4 amide bonds. The average Bonchev–Trinajstić information content (AvgIpc) is 4.20. The van der Waals surface area contributed by atoms with E-state index in [2.05, 4.69) is 32.7 Å². The first kappa shape index (κ1) is 48.9. The summed E-state index contributed by atoms with van der Waals surface area (Å²) in [5, 5.41) is 14.4. The molecule has 0 bridgehead atoms. The third-order valence-corrected chi connectivity index (χ3v) is 15.0. The Morgan fingerprint density at radius 3 is 1.70 bits per heavy atom. The van der Waals surface area contributed by atoms with E-state index in [0.717, 1.165) is 12.8 Å². The molecule has 368 valence electrons. The summed E-state index contributed by atoms with van der Waals surface area (Å²) < 4.78 is 46.6. The van der Waals surface area contributed by atoms with E-state index in [9.17, 15) is 27.6 Å². The zero-order valence-electron chi connectivity index (χ0n) is 39.8. The number of methoxy groups -OCH3 is 1. The lowest BCUT2D eigenvalue weighted by Crippen LogP contribution is -2.42. The van der Waals surface area contributed by atoms with Crippen molar-refractivity contribution in [2.75, 3.05) is 37.4 Å². The second-order valence-electron chi connectivity index (χ2n) is 17.3. The van der Waals surface area contributed by atoms with E-state index in [1.807, 2.05) is 26.0 Å². The van der Waals surface area contributed by atoms with Gasteiger partial charge in [0.1, 0.15) is 40.5 Å². The standard InChI is InChI=1S/C48H57N13O8S/c1-6-60-37(23-29(3)55-60)45(64)53-47-51-35-25-32(43(49)62)27-39(68-5)41(35)58(47)18-10-11-19-59-42-36(52-48(59)54-46(65)38-24-30(4)56-61(38)7-2)26-33(44(50)63)28-40(42)69-22-12-13-31-16-20-57(21-17-31)70(66,67)34-14-8-9-15-34/h10-11,23-28,31,34H,6-9,14-22H2,1-5H3,(H2,49,62)(H2,50,63)(H,51,53,64)(H,52,54,65). The number of primary amides is 2. The van der Waals surface area contributed by atoms with Gasteiger partial charge in [0.25, 0.3) is 11.8 Å². The van der Waals surface area contributed by atoms with Gasteiger partial charge < -0.3 is 30.1 Å². The number of nitrogens with two attached hydrogens (primary N) is 2. The molecule has 2 aliphatic rings. The maximum Gasteiger partial charge on any atom is 0.276 e. The summed E-state index contributed by atoms with van der Waals surface area (Å²) in [6.07, 6.45) is 8.16. The van der Waals surface area contributed by atoms with Crippen LogP contribution in [0.1, 0.15) is 105 Å². The van der Waals surface area contributed by atoms with E-state index in [1.165, 1.54) is 31.4 Å². The Bertz CT molecular complexity index is 3210. The SMILES string of the molecule is CCn1nc(C)cc1C(=O)Nc1nc2cc(C(N)=O)cc(OC)c2n1CC=CCn1c(NC(=O)c2cc(C)nn2CC)nc2cc(C(N)=O)cc(OCC#CC3CCN(S(=O)(=O)C4CCCC4)CC3)c21. The van der Waals surface area contributed by atoms with Crippen LogP contribution in [0.5, 0.6) is 11.5 Å². The Labute approximate surface area is 404 Å². The Kier molecular flexibility index (Phi) is 14.4. The van der Waals surface area contributed by atoms with E-state index >= 15 is 0 Å². The Hall–Kier alpha value is -7.51. The minimum Gasteiger partial charge on any atom is -0.494 e. The first-order valence-electron chi connectivity index (χ1n) is 23.3. The lowest BCUT2D eigenvalue weighted by atomic mass is 9.99. The fraction of sp³-hybridized carbons (Fsp3) is 0.417. The van der Waals surface area contributed by atoms with Crippen LogP contribution in [-0.4, -0.2) is 107 Å². The zero-order valence-corrected chi connectivity index (χ0v) is 40.6. The molecule has 70 heavy (non-hydrogen) atoms. The fourth-order valence-electron chi connectivity index (χ4n) is 9.14. The van der Waals surface area contributed by atoms with Crippen LogP contribution in [0.15, 0.2) is 48.6 Å². The van der Waals surface area contributed by atoms with E-state index < -0.39 is 33.7 Å². The van der Waals surface area contributed by atoms with Crippen molar-refractivity contribution in [1.29, 1.82) is 0 Å². The van der Waals surface area contributed by atoms with E-state index in [4.69, 9.17) is 30.9 Å². The van der Waals surface area contributed by atoms with Gasteiger partial charge in [-0.3, -0.25) is 39.2 Å². The molecule has 1 aliphatic carbocycles. The van der Waals surface area contributed by atoms with Gasteiger partial charge in [0, 0.05) is 56.3 Å². The van der Waals surface area contributed by atoms with Crippen LogP contribution >= 0.6 is 0 Å². The van der Waals surface area contributed by atoms with Gasteiger partial charge in [-0.05, 0) is 89.8 Å². The second kappa shape index (κ2) is 20.6. The molecule has 1 saturated carbocycles. The normalized spacial score (nSPS) is 14.9. The highest BCUT2D eigenvalue weighted by Gasteiger charge is 2.36. The number of nitrogens with zero attached hydrogens (tertiary/aromatic N) is 9. The number of nitrogens with one attached hydrogen (secondary N) is 2. The molecule has 1 aliphatic heterocycles. The van der Waals surface area contributed by atoms with Crippen LogP contribution in [0, 0.1) is 31.6 Å². The predicted octanol–water partition coefficient (Wildman–Crippen LogP) is 4.77. The van der Waals surface area contributed by atoms with Crippen LogP contribution in [0.25, 0.3) is 22.1 Å². The summed E-state index contributed by atoms with van der Waals surface area (Å²) in [7, 11) is -1.87. The van der Waals surface area contributed by atoms with Crippen LogP contribution in [0.3, 0.4) is 0 Å². The monoisotopic (exact) mass is 975 g/mol. The number of aromatic nitrogens is 8. The number of carbonyl (C=O) groups is 4. The number of piperidine rings is 1. The number of rotatable bonds is 17. The second-order valence-corrected chi connectivity index (χ2v) is 19.5. The van der Waals surface area contributed by atoms with Crippen molar-refractivity contribution >= 4 is 67.6 Å². The highest BCUT2D eigenvalue weighted by atomic mass is 32.2. The van der Waals surface area contributed by atoms with Crippen molar-refractivity contribution < 1.29 is 37.1 Å². The molecular formula is C48H57N13O8S. The highest BCUT2D eigenvalue weighted by molar-refractivity contribution is 7.89. The van der Waals surface area contributed by atoms with Gasteiger partial charge in [-0.25, -0.2) is 22.7 Å². The van der Waals surface area contributed by atoms with E-state index in [-0.39, 0.29) is 59.6 Å². The lowest BCUT2D eigenvalue weighted by molar-refractivity contribution is 0.0991. The average molecular weight is 976 g/mol. The molecule has 6 aromatic rings. The number of hydrogen-bond acceptors (Lipinski definition) is 12. The number of imidazole rings is 2. The highest BCUT2D eigenvalue weighted by Crippen LogP contribution is 2.34. The number of benzene rings is 2. The first-order chi connectivity index (χ1) is 33.6. The van der Waals surface area contributed by atoms with Gasteiger partial charge in [0.2, 0.25) is 33.7 Å². The molecule has 0 unspecified atom stereocenters. The largest absolute Gasteiger partial charge is 0.494 e. The number of ether oxygens (including phenoxy) is 2. The summed E-state index contributed by atoms with van der Waals surface area (Å²) in [6, 6.07) is 9.40. The molecule has 4 aromatic heterocycles. The van der Waals surface area contributed by atoms with Gasteiger partial charge in [-0.2, -0.15) is 10.2 Å². The molecule has 2 aromatic carbocycles. The van der Waals surface area contributed by atoms with Crippen molar-refractivity contribution in [3.05, 3.63) is 82.5 Å². The smallest absolute Gasteiger partial charge is 0.276 e. The minimum atomic E-state index is -3.32. The minimum absolute atomic E-state index is 0.0241. The topological polar surface area (TPSA) is 272 Å². The molecule has 5 heterocycles. The summed E-state index contributed by atoms with van der Waals surface area (Å²) in [5.41, 5.74) is 15.3. The van der Waals surface area contributed by atoms with Gasteiger partial charge >= 0.3 is 0 Å². The molecule has 0 radical (unpaired) electrons. The summed E-state index contributed by atoms with van der Waals surface area (Å²) in [6.45, 7) is 9.23. The Morgan fingerprint density at radius 1 is 0.743 bits per heavy atom. The molecule has 2 fully saturated rings. The molecule has 1 saturated heterocycles. The van der Waals surface area contributed by atoms with Crippen LogP contribution < -0.4 is 31.6 Å². The van der Waals surface area contributed by atoms with Gasteiger partial charge in [-0.1, -0.05) is 36.8 Å². The molecule has 21 nitrogen and oxygen atoms in total. The van der Waals surface area contributed by atoms with Crippen LogP contribution in [0.2, 0.25) is 0 Å². The van der Waals surface area contributed by atoms with Crippen LogP contribution in [0.4, 0.5) is 11.9 Å². The van der Waals surface area contributed by atoms with Gasteiger partial charge in [-0.15, -0.1) is 0 Å².